The van der Waals surface area contributed by atoms with E-state index in [1.807, 2.05) is 42.5 Å². The van der Waals surface area contributed by atoms with Crippen LogP contribution in [-0.4, -0.2) is 6.54 Å². The fourth-order valence-corrected chi connectivity index (χ4v) is 3.77. The first kappa shape index (κ1) is 20.5. The summed E-state index contributed by atoms with van der Waals surface area (Å²) in [6.45, 7) is 1.60. The molecule has 0 radical (unpaired) electrons. The van der Waals surface area contributed by atoms with Crippen LogP contribution >= 0.6 is 55.9 Å². The molecule has 0 atom stereocenters. The Labute approximate surface area is 175 Å². The summed E-state index contributed by atoms with van der Waals surface area (Å²) in [6.07, 6.45) is 0.961. The Morgan fingerprint density at radius 1 is 0.960 bits per heavy atom. The molecule has 0 aliphatic carbocycles. The molecule has 6 heteroatoms. The number of hydrogen-bond donors (Lipinski definition) is 1. The van der Waals surface area contributed by atoms with Crippen LogP contribution in [0.5, 0.6) is 0 Å². The van der Waals surface area contributed by atoms with Crippen LogP contribution < -0.4 is 5.32 Å². The third-order valence-electron chi connectivity index (χ3n) is 3.66. The van der Waals surface area contributed by atoms with Crippen LogP contribution in [0, 0.1) is 0 Å². The van der Waals surface area contributed by atoms with Gasteiger partial charge in [0, 0.05) is 19.5 Å². The predicted octanol–water partition coefficient (Wildman–Crippen LogP) is 6.88. The highest BCUT2D eigenvalue weighted by molar-refractivity contribution is 9.11. The van der Waals surface area contributed by atoms with E-state index in [-0.39, 0.29) is 12.4 Å². The quantitative estimate of drug-likeness (QED) is 0.369. The van der Waals surface area contributed by atoms with Crippen molar-refractivity contribution in [1.82, 2.24) is 5.32 Å². The molecule has 2 aromatic carbocycles. The van der Waals surface area contributed by atoms with E-state index < -0.39 is 0 Å². The molecule has 3 rings (SSSR count). The molecule has 0 spiro atoms. The van der Waals surface area contributed by atoms with Gasteiger partial charge in [-0.2, -0.15) is 0 Å². The third kappa shape index (κ3) is 5.87. The highest BCUT2D eigenvalue weighted by atomic mass is 79.9. The molecule has 1 heterocycles. The van der Waals surface area contributed by atoms with Gasteiger partial charge in [0.25, 0.3) is 0 Å². The van der Waals surface area contributed by atoms with Gasteiger partial charge in [0.2, 0.25) is 0 Å². The molecule has 132 valence electrons. The summed E-state index contributed by atoms with van der Waals surface area (Å²) in [5, 5.41) is 4.18. The van der Waals surface area contributed by atoms with Gasteiger partial charge in [-0.3, -0.25) is 0 Å². The standard InChI is InChI=1S/C19H16Br2ClNO.ClH/c20-14-3-7-17(18(21)11-14)19-8-6-16(24-19)12-23-10-9-13-1-4-15(22)5-2-13;/h1-8,11,23H,9-10,12H2;1H. The lowest BCUT2D eigenvalue weighted by Gasteiger charge is -2.04. The number of furan rings is 1. The maximum atomic E-state index is 5.93. The molecule has 0 saturated carbocycles. The van der Waals surface area contributed by atoms with E-state index in [4.69, 9.17) is 16.0 Å². The molecular weight excluding hydrogens is 489 g/mol. The minimum Gasteiger partial charge on any atom is -0.460 e. The van der Waals surface area contributed by atoms with Gasteiger partial charge in [0.1, 0.15) is 11.5 Å². The maximum Gasteiger partial charge on any atom is 0.135 e. The Morgan fingerprint density at radius 3 is 2.44 bits per heavy atom. The fourth-order valence-electron chi connectivity index (χ4n) is 2.40. The number of nitrogens with one attached hydrogen (secondary N) is 1. The van der Waals surface area contributed by atoms with Gasteiger partial charge in [-0.15, -0.1) is 12.4 Å². The monoisotopic (exact) mass is 503 g/mol. The molecule has 2 nitrogen and oxygen atoms in total. The van der Waals surface area contributed by atoms with Gasteiger partial charge in [0.05, 0.1) is 6.54 Å². The summed E-state index contributed by atoms with van der Waals surface area (Å²) < 4.78 is 7.98. The van der Waals surface area contributed by atoms with E-state index in [1.165, 1.54) is 5.56 Å². The van der Waals surface area contributed by atoms with Crippen LogP contribution in [0.2, 0.25) is 5.02 Å². The minimum atomic E-state index is 0. The van der Waals surface area contributed by atoms with E-state index in [0.717, 1.165) is 44.0 Å². The van der Waals surface area contributed by atoms with Crippen LogP contribution in [0.25, 0.3) is 11.3 Å². The lowest BCUT2D eigenvalue weighted by molar-refractivity contribution is 0.494. The van der Waals surface area contributed by atoms with Crippen LogP contribution in [0.3, 0.4) is 0 Å². The Morgan fingerprint density at radius 2 is 1.72 bits per heavy atom. The van der Waals surface area contributed by atoms with Crippen molar-refractivity contribution in [3.63, 3.8) is 0 Å². The number of halogens is 4. The fraction of sp³-hybridized carbons (Fsp3) is 0.158. The van der Waals surface area contributed by atoms with E-state index in [9.17, 15) is 0 Å². The van der Waals surface area contributed by atoms with Gasteiger partial charge < -0.3 is 9.73 Å². The highest BCUT2D eigenvalue weighted by Gasteiger charge is 2.08. The molecule has 0 unspecified atom stereocenters. The SMILES string of the molecule is Cl.Clc1ccc(CCNCc2ccc(-c3ccc(Br)cc3Br)o2)cc1. The second-order valence-electron chi connectivity index (χ2n) is 5.44. The summed E-state index contributed by atoms with van der Waals surface area (Å²) >= 11 is 12.9. The van der Waals surface area contributed by atoms with Crippen molar-refractivity contribution in [2.24, 2.45) is 0 Å². The average molecular weight is 506 g/mol. The molecular formula is C19H17Br2Cl2NO. The van der Waals surface area contributed by atoms with Gasteiger partial charge in [-0.25, -0.2) is 0 Å². The van der Waals surface area contributed by atoms with Gasteiger partial charge >= 0.3 is 0 Å². The number of rotatable bonds is 6. The topological polar surface area (TPSA) is 25.2 Å². The molecule has 0 aliphatic rings. The Balaban J connectivity index is 0.00000225. The van der Waals surface area contributed by atoms with Crippen LogP contribution in [-0.2, 0) is 13.0 Å². The Bertz CT molecular complexity index is 819. The first-order chi connectivity index (χ1) is 11.6. The molecule has 0 saturated heterocycles. The van der Waals surface area contributed by atoms with Crippen molar-refractivity contribution in [1.29, 1.82) is 0 Å². The minimum absolute atomic E-state index is 0. The summed E-state index contributed by atoms with van der Waals surface area (Å²) in [4.78, 5) is 0. The summed E-state index contributed by atoms with van der Waals surface area (Å²) in [5.74, 6) is 1.79. The van der Waals surface area contributed by atoms with Crippen molar-refractivity contribution in [3.8, 4) is 11.3 Å². The van der Waals surface area contributed by atoms with Crippen molar-refractivity contribution < 1.29 is 4.42 Å². The lowest BCUT2D eigenvalue weighted by atomic mass is 10.1. The smallest absolute Gasteiger partial charge is 0.135 e. The van der Waals surface area contributed by atoms with Crippen LogP contribution in [0.15, 0.2) is 68.0 Å². The zero-order valence-corrected chi connectivity index (χ0v) is 18.0. The van der Waals surface area contributed by atoms with Crippen molar-refractivity contribution >= 4 is 55.9 Å². The van der Waals surface area contributed by atoms with Crippen LogP contribution in [0.4, 0.5) is 0 Å². The highest BCUT2D eigenvalue weighted by Crippen LogP contribution is 2.31. The molecule has 1 aromatic heterocycles. The molecule has 25 heavy (non-hydrogen) atoms. The average Bonchev–Trinajstić information content (AvgIpc) is 3.02. The summed E-state index contributed by atoms with van der Waals surface area (Å²) in [7, 11) is 0. The molecule has 3 aromatic rings. The molecule has 0 amide bonds. The van der Waals surface area contributed by atoms with Crippen molar-refractivity contribution in [2.75, 3.05) is 6.54 Å². The first-order valence-electron chi connectivity index (χ1n) is 7.61. The van der Waals surface area contributed by atoms with Gasteiger partial charge in [-0.1, -0.05) is 39.7 Å². The summed E-state index contributed by atoms with van der Waals surface area (Å²) in [6, 6.07) is 18.0. The molecule has 0 bridgehead atoms. The summed E-state index contributed by atoms with van der Waals surface area (Å²) in [5.41, 5.74) is 2.32. The third-order valence-corrected chi connectivity index (χ3v) is 5.06. The molecule has 1 N–H and O–H groups in total. The van der Waals surface area contributed by atoms with E-state index in [1.54, 1.807) is 0 Å². The number of benzene rings is 2. The van der Waals surface area contributed by atoms with E-state index >= 15 is 0 Å². The van der Waals surface area contributed by atoms with E-state index in [2.05, 4.69) is 49.3 Å². The largest absolute Gasteiger partial charge is 0.460 e. The second-order valence-corrected chi connectivity index (χ2v) is 7.65. The van der Waals surface area contributed by atoms with Crippen LogP contribution in [0.1, 0.15) is 11.3 Å². The predicted molar refractivity (Wildman–Crippen MR) is 114 cm³/mol. The van der Waals surface area contributed by atoms with Gasteiger partial charge in [-0.05, 0) is 76.9 Å². The van der Waals surface area contributed by atoms with Gasteiger partial charge in [0.15, 0.2) is 0 Å². The number of hydrogen-bond acceptors (Lipinski definition) is 2. The molecule has 0 aliphatic heterocycles. The molecule has 0 fully saturated rings. The zero-order valence-electron chi connectivity index (χ0n) is 13.3. The Kier molecular flexibility index (Phi) is 8.04. The maximum absolute atomic E-state index is 5.93. The second kappa shape index (κ2) is 9.79. The van der Waals surface area contributed by atoms with E-state index in [0.29, 0.717) is 6.54 Å². The Hall–Kier alpha value is -0.780. The zero-order chi connectivity index (χ0) is 16.9. The lowest BCUT2D eigenvalue weighted by Crippen LogP contribution is -2.16. The first-order valence-corrected chi connectivity index (χ1v) is 9.57. The van der Waals surface area contributed by atoms with Crippen molar-refractivity contribution in [2.45, 2.75) is 13.0 Å². The normalized spacial score (nSPS) is 10.5. The van der Waals surface area contributed by atoms with Crippen molar-refractivity contribution in [3.05, 3.63) is 79.9 Å².